The van der Waals surface area contributed by atoms with Gasteiger partial charge in [0, 0.05) is 29.4 Å². The summed E-state index contributed by atoms with van der Waals surface area (Å²) in [6.45, 7) is 5.61. The highest BCUT2D eigenvalue weighted by Crippen LogP contribution is 2.26. The van der Waals surface area contributed by atoms with Crippen molar-refractivity contribution in [1.29, 1.82) is 0 Å². The van der Waals surface area contributed by atoms with Crippen molar-refractivity contribution in [3.8, 4) is 10.6 Å². The van der Waals surface area contributed by atoms with Gasteiger partial charge in [-0.25, -0.2) is 4.98 Å². The lowest BCUT2D eigenvalue weighted by Crippen LogP contribution is -2.44. The lowest BCUT2D eigenvalue weighted by Gasteiger charge is -2.34. The Morgan fingerprint density at radius 1 is 1.28 bits per heavy atom. The second-order valence-electron chi connectivity index (χ2n) is 6.74. The van der Waals surface area contributed by atoms with E-state index in [2.05, 4.69) is 18.8 Å². The molecule has 2 aromatic heterocycles. The molecule has 1 aliphatic heterocycles. The van der Waals surface area contributed by atoms with E-state index >= 15 is 0 Å². The first-order valence-electron chi connectivity index (χ1n) is 8.41. The number of rotatable bonds is 5. The topological polar surface area (TPSA) is 59.5 Å². The molecule has 2 atom stereocenters. The Kier molecular flexibility index (Phi) is 5.86. The van der Waals surface area contributed by atoms with Crippen LogP contribution in [0.4, 0.5) is 0 Å². The first kappa shape index (κ1) is 18.1. The Bertz CT molecular complexity index is 717. The maximum atomic E-state index is 12.2. The smallest absolute Gasteiger partial charge is 0.312 e. The van der Waals surface area contributed by atoms with E-state index in [1.807, 2.05) is 27.1 Å². The molecule has 3 heterocycles. The minimum absolute atomic E-state index is 0.0979. The zero-order chi connectivity index (χ0) is 17.8. The summed E-state index contributed by atoms with van der Waals surface area (Å²) in [5, 5.41) is 6.79. The number of thiophene rings is 1. The summed E-state index contributed by atoms with van der Waals surface area (Å²) in [7, 11) is 0. The summed E-state index contributed by atoms with van der Waals surface area (Å²) < 4.78 is 5.17. The highest BCUT2D eigenvalue weighted by Gasteiger charge is 2.26. The molecule has 0 spiro atoms. The van der Waals surface area contributed by atoms with Gasteiger partial charge in [0.25, 0.3) is 5.91 Å². The van der Waals surface area contributed by atoms with Gasteiger partial charge in [-0.3, -0.25) is 9.59 Å². The number of likely N-dealkylation sites (tertiary alicyclic amines) is 1. The SMILES string of the molecule is C[C@@H]1C[C@@H](C)CN(C(=O)COC(=O)Cc2csc(-c3ccsc3)n2)C1. The van der Waals surface area contributed by atoms with Gasteiger partial charge in [-0.05, 0) is 29.7 Å². The molecule has 5 nitrogen and oxygen atoms in total. The number of aromatic nitrogens is 1. The number of amides is 1. The molecule has 2 aromatic rings. The van der Waals surface area contributed by atoms with Crippen LogP contribution in [-0.2, 0) is 20.7 Å². The molecular formula is C18H22N2O3S2. The molecule has 0 aromatic carbocycles. The van der Waals surface area contributed by atoms with E-state index < -0.39 is 5.97 Å². The van der Waals surface area contributed by atoms with Crippen LogP contribution in [0, 0.1) is 11.8 Å². The van der Waals surface area contributed by atoms with Crippen LogP contribution in [0.15, 0.2) is 22.2 Å². The molecule has 134 valence electrons. The quantitative estimate of drug-likeness (QED) is 0.748. The molecule has 1 saturated heterocycles. The predicted molar refractivity (Wildman–Crippen MR) is 99.6 cm³/mol. The van der Waals surface area contributed by atoms with Crippen molar-refractivity contribution < 1.29 is 14.3 Å². The van der Waals surface area contributed by atoms with Gasteiger partial charge in [-0.15, -0.1) is 11.3 Å². The number of thiazole rings is 1. The van der Waals surface area contributed by atoms with Crippen LogP contribution in [0.5, 0.6) is 0 Å². The molecule has 0 unspecified atom stereocenters. The first-order chi connectivity index (χ1) is 12.0. The number of piperidine rings is 1. The lowest BCUT2D eigenvalue weighted by atomic mass is 9.92. The van der Waals surface area contributed by atoms with Crippen molar-refractivity contribution in [2.45, 2.75) is 26.7 Å². The Hall–Kier alpha value is -1.73. The molecule has 3 rings (SSSR count). The molecule has 0 bridgehead atoms. The van der Waals surface area contributed by atoms with Gasteiger partial charge in [0.2, 0.25) is 0 Å². The van der Waals surface area contributed by atoms with E-state index in [9.17, 15) is 9.59 Å². The third-order valence-electron chi connectivity index (χ3n) is 4.22. The fourth-order valence-corrected chi connectivity index (χ4v) is 4.74. The number of carbonyl (C=O) groups excluding carboxylic acids is 2. The maximum Gasteiger partial charge on any atom is 0.312 e. The van der Waals surface area contributed by atoms with Crippen molar-refractivity contribution in [3.05, 3.63) is 27.9 Å². The highest BCUT2D eigenvalue weighted by molar-refractivity contribution is 7.14. The molecule has 1 fully saturated rings. The van der Waals surface area contributed by atoms with Crippen LogP contribution in [-0.4, -0.2) is 41.5 Å². The average molecular weight is 379 g/mol. The van der Waals surface area contributed by atoms with Crippen LogP contribution in [0.1, 0.15) is 26.0 Å². The number of nitrogens with zero attached hydrogens (tertiary/aromatic N) is 2. The standard InChI is InChI=1S/C18H22N2O3S2/c1-12-5-13(2)8-20(7-12)16(21)9-23-17(22)6-15-11-25-18(19-15)14-3-4-24-10-14/h3-4,10-13H,5-9H2,1-2H3/t12-,13-/m1/s1. The Morgan fingerprint density at radius 3 is 2.72 bits per heavy atom. The zero-order valence-electron chi connectivity index (χ0n) is 14.4. The second-order valence-corrected chi connectivity index (χ2v) is 8.38. The van der Waals surface area contributed by atoms with E-state index in [1.165, 1.54) is 11.3 Å². The molecule has 0 saturated carbocycles. The number of ether oxygens (including phenoxy) is 1. The van der Waals surface area contributed by atoms with Crippen LogP contribution >= 0.6 is 22.7 Å². The molecule has 7 heteroatoms. The molecule has 1 aliphatic rings. The van der Waals surface area contributed by atoms with Gasteiger partial charge in [-0.2, -0.15) is 11.3 Å². The van der Waals surface area contributed by atoms with Gasteiger partial charge in [-0.1, -0.05) is 13.8 Å². The molecule has 25 heavy (non-hydrogen) atoms. The third kappa shape index (κ3) is 4.89. The Balaban J connectivity index is 1.47. The van der Waals surface area contributed by atoms with Crippen LogP contribution in [0.25, 0.3) is 10.6 Å². The number of carbonyl (C=O) groups is 2. The second kappa shape index (κ2) is 8.10. The van der Waals surface area contributed by atoms with Gasteiger partial charge in [0.1, 0.15) is 5.01 Å². The molecule has 0 radical (unpaired) electrons. The van der Waals surface area contributed by atoms with Crippen LogP contribution < -0.4 is 0 Å². The van der Waals surface area contributed by atoms with Crippen molar-refractivity contribution in [2.24, 2.45) is 11.8 Å². The summed E-state index contributed by atoms with van der Waals surface area (Å²) in [4.78, 5) is 30.5. The predicted octanol–water partition coefficient (Wildman–Crippen LogP) is 3.46. The zero-order valence-corrected chi connectivity index (χ0v) is 16.1. The van der Waals surface area contributed by atoms with Gasteiger partial charge < -0.3 is 9.64 Å². The van der Waals surface area contributed by atoms with E-state index in [0.717, 1.165) is 30.1 Å². The summed E-state index contributed by atoms with van der Waals surface area (Å²) in [6.07, 6.45) is 1.24. The van der Waals surface area contributed by atoms with Gasteiger partial charge >= 0.3 is 5.97 Å². The third-order valence-corrected chi connectivity index (χ3v) is 5.85. The fourth-order valence-electron chi connectivity index (χ4n) is 3.21. The van der Waals surface area contributed by atoms with Crippen molar-refractivity contribution >= 4 is 34.6 Å². The Morgan fingerprint density at radius 2 is 2.04 bits per heavy atom. The largest absolute Gasteiger partial charge is 0.455 e. The summed E-state index contributed by atoms with van der Waals surface area (Å²) in [5.74, 6) is 0.473. The van der Waals surface area contributed by atoms with Crippen molar-refractivity contribution in [3.63, 3.8) is 0 Å². The molecule has 0 N–H and O–H groups in total. The molecule has 0 aliphatic carbocycles. The lowest BCUT2D eigenvalue weighted by molar-refractivity contribution is -0.152. The minimum Gasteiger partial charge on any atom is -0.455 e. The first-order valence-corrected chi connectivity index (χ1v) is 10.2. The monoisotopic (exact) mass is 378 g/mol. The minimum atomic E-state index is -0.409. The summed E-state index contributed by atoms with van der Waals surface area (Å²) in [6, 6.07) is 2.00. The number of esters is 1. The molecule has 1 amide bonds. The van der Waals surface area contributed by atoms with Crippen LogP contribution in [0.2, 0.25) is 0 Å². The van der Waals surface area contributed by atoms with Crippen molar-refractivity contribution in [2.75, 3.05) is 19.7 Å². The fraction of sp³-hybridized carbons (Fsp3) is 0.500. The van der Waals surface area contributed by atoms with Gasteiger partial charge in [0.15, 0.2) is 6.61 Å². The average Bonchev–Trinajstić information content (AvgIpc) is 3.22. The van der Waals surface area contributed by atoms with E-state index in [4.69, 9.17) is 4.74 Å². The Labute approximate surface area is 155 Å². The van der Waals surface area contributed by atoms with Crippen LogP contribution in [0.3, 0.4) is 0 Å². The van der Waals surface area contributed by atoms with E-state index in [0.29, 0.717) is 17.5 Å². The summed E-state index contributed by atoms with van der Waals surface area (Å²) >= 11 is 3.12. The highest BCUT2D eigenvalue weighted by atomic mass is 32.1. The van der Waals surface area contributed by atoms with E-state index in [-0.39, 0.29) is 18.9 Å². The summed E-state index contributed by atoms with van der Waals surface area (Å²) in [5.41, 5.74) is 1.75. The van der Waals surface area contributed by atoms with Gasteiger partial charge in [0.05, 0.1) is 12.1 Å². The maximum absolute atomic E-state index is 12.2. The number of hydrogen-bond donors (Lipinski definition) is 0. The van der Waals surface area contributed by atoms with E-state index in [1.54, 1.807) is 11.3 Å². The normalized spacial score (nSPS) is 20.5. The van der Waals surface area contributed by atoms with Crippen molar-refractivity contribution in [1.82, 2.24) is 9.88 Å². The molecular weight excluding hydrogens is 356 g/mol. The number of hydrogen-bond acceptors (Lipinski definition) is 6.